The maximum Gasteiger partial charge on any atom is 0.238 e. The Kier molecular flexibility index (Phi) is 5.82. The van der Waals surface area contributed by atoms with Gasteiger partial charge in [0.05, 0.1) is 6.54 Å². The van der Waals surface area contributed by atoms with Gasteiger partial charge in [0.15, 0.2) is 0 Å². The summed E-state index contributed by atoms with van der Waals surface area (Å²) in [6.45, 7) is 4.93. The molecule has 1 unspecified atom stereocenters. The highest BCUT2D eigenvalue weighted by Crippen LogP contribution is 2.26. The standard InChI is InChI=1S/C14H22N2O2S/c1-2-3-8-18-9-5-7-16-13(17)11-15-14(16)12-6-4-10-19-12/h4,6,10,14-15H,2-3,5,7-9,11H2,1H3. The van der Waals surface area contributed by atoms with E-state index in [4.69, 9.17) is 4.74 Å². The molecule has 0 radical (unpaired) electrons. The SMILES string of the molecule is CCCCOCCCN1C(=O)CNC1c1cccs1. The van der Waals surface area contributed by atoms with Gasteiger partial charge < -0.3 is 9.64 Å². The minimum atomic E-state index is 0.0585. The van der Waals surface area contributed by atoms with Crippen LogP contribution in [-0.4, -0.2) is 37.1 Å². The summed E-state index contributed by atoms with van der Waals surface area (Å²) in [4.78, 5) is 15.0. The molecule has 4 nitrogen and oxygen atoms in total. The molecule has 106 valence electrons. The first kappa shape index (κ1) is 14.5. The minimum Gasteiger partial charge on any atom is -0.381 e. The van der Waals surface area contributed by atoms with Crippen molar-refractivity contribution in [3.05, 3.63) is 22.4 Å². The number of unbranched alkanes of at least 4 members (excludes halogenated alkanes) is 1. The van der Waals surface area contributed by atoms with E-state index in [9.17, 15) is 4.79 Å². The number of nitrogens with one attached hydrogen (secondary N) is 1. The second-order valence-corrected chi connectivity index (χ2v) is 5.68. The summed E-state index contributed by atoms with van der Waals surface area (Å²) in [7, 11) is 0. The molecule has 1 aromatic heterocycles. The van der Waals surface area contributed by atoms with Gasteiger partial charge in [-0.3, -0.25) is 10.1 Å². The number of rotatable bonds is 8. The lowest BCUT2D eigenvalue weighted by Crippen LogP contribution is -2.31. The molecule has 1 amide bonds. The van der Waals surface area contributed by atoms with Crippen LogP contribution in [0.15, 0.2) is 17.5 Å². The second-order valence-electron chi connectivity index (χ2n) is 4.71. The van der Waals surface area contributed by atoms with Crippen molar-refractivity contribution in [2.24, 2.45) is 0 Å². The Balaban J connectivity index is 1.75. The molecule has 2 rings (SSSR count). The predicted molar refractivity (Wildman–Crippen MR) is 77.1 cm³/mol. The smallest absolute Gasteiger partial charge is 0.238 e. The van der Waals surface area contributed by atoms with E-state index in [0.29, 0.717) is 6.54 Å². The van der Waals surface area contributed by atoms with Crippen molar-refractivity contribution >= 4 is 17.2 Å². The van der Waals surface area contributed by atoms with E-state index in [0.717, 1.165) is 39.0 Å². The Morgan fingerprint density at radius 2 is 2.32 bits per heavy atom. The number of thiophene rings is 1. The highest BCUT2D eigenvalue weighted by atomic mass is 32.1. The van der Waals surface area contributed by atoms with Gasteiger partial charge in [-0.1, -0.05) is 19.4 Å². The lowest BCUT2D eigenvalue weighted by atomic mass is 10.3. The van der Waals surface area contributed by atoms with E-state index >= 15 is 0 Å². The van der Waals surface area contributed by atoms with Crippen LogP contribution in [0.25, 0.3) is 0 Å². The third-order valence-electron chi connectivity index (χ3n) is 3.22. The van der Waals surface area contributed by atoms with E-state index in [1.54, 1.807) is 11.3 Å². The monoisotopic (exact) mass is 282 g/mol. The molecule has 1 aliphatic rings. The number of hydrogen-bond donors (Lipinski definition) is 1. The average molecular weight is 282 g/mol. The number of carbonyl (C=O) groups excluding carboxylic acids is 1. The summed E-state index contributed by atoms with van der Waals surface area (Å²) in [6.07, 6.45) is 3.24. The van der Waals surface area contributed by atoms with Gasteiger partial charge in [0.25, 0.3) is 0 Å². The molecule has 2 heterocycles. The van der Waals surface area contributed by atoms with Crippen molar-refractivity contribution in [2.45, 2.75) is 32.4 Å². The molecule has 0 bridgehead atoms. The van der Waals surface area contributed by atoms with Gasteiger partial charge in [0, 0.05) is 24.6 Å². The van der Waals surface area contributed by atoms with Crippen LogP contribution in [0, 0.1) is 0 Å². The van der Waals surface area contributed by atoms with Gasteiger partial charge >= 0.3 is 0 Å². The molecule has 1 fully saturated rings. The molecule has 0 saturated carbocycles. The van der Waals surface area contributed by atoms with Crippen molar-refractivity contribution in [1.82, 2.24) is 10.2 Å². The first-order chi connectivity index (χ1) is 9.33. The van der Waals surface area contributed by atoms with Crippen molar-refractivity contribution in [3.63, 3.8) is 0 Å². The molecular formula is C14H22N2O2S. The van der Waals surface area contributed by atoms with Gasteiger partial charge in [0.1, 0.15) is 6.17 Å². The van der Waals surface area contributed by atoms with E-state index < -0.39 is 0 Å². The van der Waals surface area contributed by atoms with Gasteiger partial charge in [-0.05, 0) is 24.3 Å². The Morgan fingerprint density at radius 3 is 3.05 bits per heavy atom. The van der Waals surface area contributed by atoms with Crippen LogP contribution in [0.4, 0.5) is 0 Å². The van der Waals surface area contributed by atoms with E-state index in [2.05, 4.69) is 18.3 Å². The summed E-state index contributed by atoms with van der Waals surface area (Å²) in [5.74, 6) is 0.187. The third kappa shape index (κ3) is 4.03. The predicted octanol–water partition coefficient (Wildman–Crippen LogP) is 2.39. The highest BCUT2D eigenvalue weighted by molar-refractivity contribution is 7.10. The molecule has 0 spiro atoms. The van der Waals surface area contributed by atoms with Crippen molar-refractivity contribution < 1.29 is 9.53 Å². The summed E-state index contributed by atoms with van der Waals surface area (Å²) in [5, 5.41) is 5.31. The molecule has 5 heteroatoms. The first-order valence-electron chi connectivity index (χ1n) is 6.97. The van der Waals surface area contributed by atoms with Gasteiger partial charge in [-0.25, -0.2) is 0 Å². The summed E-state index contributed by atoms with van der Waals surface area (Å²) >= 11 is 1.69. The first-order valence-corrected chi connectivity index (χ1v) is 7.85. The Bertz CT molecular complexity index is 381. The van der Waals surface area contributed by atoms with Crippen LogP contribution in [0.2, 0.25) is 0 Å². The maximum absolute atomic E-state index is 11.9. The van der Waals surface area contributed by atoms with Crippen LogP contribution in [-0.2, 0) is 9.53 Å². The number of ether oxygens (including phenoxy) is 1. The summed E-state index contributed by atoms with van der Waals surface area (Å²) in [6, 6.07) is 4.10. The minimum absolute atomic E-state index is 0.0585. The van der Waals surface area contributed by atoms with Gasteiger partial charge in [0.2, 0.25) is 5.91 Å². The average Bonchev–Trinajstić information content (AvgIpc) is 3.04. The second kappa shape index (κ2) is 7.62. The number of nitrogens with zero attached hydrogens (tertiary/aromatic N) is 1. The van der Waals surface area contributed by atoms with Crippen molar-refractivity contribution in [3.8, 4) is 0 Å². The molecule has 0 aliphatic carbocycles. The number of amides is 1. The van der Waals surface area contributed by atoms with Crippen LogP contribution >= 0.6 is 11.3 Å². The molecule has 1 saturated heterocycles. The number of carbonyl (C=O) groups is 1. The van der Waals surface area contributed by atoms with E-state index in [-0.39, 0.29) is 12.1 Å². The molecule has 19 heavy (non-hydrogen) atoms. The van der Waals surface area contributed by atoms with E-state index in [1.807, 2.05) is 16.3 Å². The fraction of sp³-hybridized carbons (Fsp3) is 0.643. The lowest BCUT2D eigenvalue weighted by molar-refractivity contribution is -0.128. The Labute approximate surface area is 118 Å². The summed E-state index contributed by atoms with van der Waals surface area (Å²) in [5.41, 5.74) is 0. The quantitative estimate of drug-likeness (QED) is 0.744. The van der Waals surface area contributed by atoms with Gasteiger partial charge in [-0.2, -0.15) is 0 Å². The molecule has 1 atom stereocenters. The topological polar surface area (TPSA) is 41.6 Å². The van der Waals surface area contributed by atoms with Crippen LogP contribution in [0.1, 0.15) is 37.2 Å². The summed E-state index contributed by atoms with van der Waals surface area (Å²) < 4.78 is 5.54. The zero-order chi connectivity index (χ0) is 13.5. The van der Waals surface area contributed by atoms with Crippen molar-refractivity contribution in [2.75, 3.05) is 26.3 Å². The third-order valence-corrected chi connectivity index (χ3v) is 4.15. The molecule has 1 aromatic rings. The van der Waals surface area contributed by atoms with Gasteiger partial charge in [-0.15, -0.1) is 11.3 Å². The van der Waals surface area contributed by atoms with Crippen LogP contribution < -0.4 is 5.32 Å². The Morgan fingerprint density at radius 1 is 1.47 bits per heavy atom. The molecular weight excluding hydrogens is 260 g/mol. The zero-order valence-electron chi connectivity index (χ0n) is 11.4. The van der Waals surface area contributed by atoms with Crippen LogP contribution in [0.3, 0.4) is 0 Å². The molecule has 1 N–H and O–H groups in total. The molecule has 1 aliphatic heterocycles. The van der Waals surface area contributed by atoms with Crippen molar-refractivity contribution in [1.29, 1.82) is 0 Å². The van der Waals surface area contributed by atoms with Crippen LogP contribution in [0.5, 0.6) is 0 Å². The van der Waals surface area contributed by atoms with E-state index in [1.165, 1.54) is 4.88 Å². The number of hydrogen-bond acceptors (Lipinski definition) is 4. The fourth-order valence-corrected chi connectivity index (χ4v) is 2.99. The Hall–Kier alpha value is -0.910. The normalized spacial score (nSPS) is 19.3. The zero-order valence-corrected chi connectivity index (χ0v) is 12.2. The maximum atomic E-state index is 11.9. The molecule has 0 aromatic carbocycles. The highest BCUT2D eigenvalue weighted by Gasteiger charge is 2.31. The largest absolute Gasteiger partial charge is 0.381 e. The lowest BCUT2D eigenvalue weighted by Gasteiger charge is -2.23. The fourth-order valence-electron chi connectivity index (χ4n) is 2.18.